The van der Waals surface area contributed by atoms with E-state index in [9.17, 15) is 20.2 Å². The molecule has 3 rings (SSSR count). The Bertz CT molecular complexity index is 945. The molecule has 0 saturated carbocycles. The van der Waals surface area contributed by atoms with Crippen molar-refractivity contribution in [2.45, 2.75) is 33.1 Å². The molecule has 1 aromatic heterocycles. The van der Waals surface area contributed by atoms with Gasteiger partial charge in [0.15, 0.2) is 12.4 Å². The second kappa shape index (κ2) is 7.76. The largest absolute Gasteiger partial charge is 0.477 e. The van der Waals surface area contributed by atoms with E-state index in [0.29, 0.717) is 16.5 Å². The maximum Gasteiger partial charge on any atom is 0.311 e. The summed E-state index contributed by atoms with van der Waals surface area (Å²) in [6.07, 6.45) is 2.79. The molecule has 8 heteroatoms. The number of hydrogen-bond acceptors (Lipinski definition) is 6. The molecule has 2 aromatic rings. The van der Waals surface area contributed by atoms with E-state index in [-0.39, 0.29) is 18.0 Å². The van der Waals surface area contributed by atoms with Crippen molar-refractivity contribution in [1.29, 1.82) is 5.26 Å². The molecular weight excluding hydrogens is 366 g/mol. The van der Waals surface area contributed by atoms with Crippen LogP contribution in [0.5, 0.6) is 5.75 Å². The van der Waals surface area contributed by atoms with Crippen LogP contribution in [0.2, 0.25) is 0 Å². The summed E-state index contributed by atoms with van der Waals surface area (Å²) >= 11 is 1.43. The lowest BCUT2D eigenvalue weighted by Crippen LogP contribution is -2.20. The molecule has 1 amide bonds. The molecule has 27 heavy (non-hydrogen) atoms. The number of benzene rings is 1. The van der Waals surface area contributed by atoms with Crippen molar-refractivity contribution >= 4 is 27.9 Å². The van der Waals surface area contributed by atoms with E-state index in [2.05, 4.69) is 18.3 Å². The maximum absolute atomic E-state index is 12.3. The number of amides is 1. The molecule has 1 aromatic carbocycles. The third-order valence-electron chi connectivity index (χ3n) is 4.55. The van der Waals surface area contributed by atoms with Crippen molar-refractivity contribution in [1.82, 2.24) is 0 Å². The monoisotopic (exact) mass is 385 g/mol. The first kappa shape index (κ1) is 18.9. The summed E-state index contributed by atoms with van der Waals surface area (Å²) in [6.45, 7) is 3.55. The maximum atomic E-state index is 12.3. The number of rotatable bonds is 5. The van der Waals surface area contributed by atoms with E-state index in [4.69, 9.17) is 4.74 Å². The van der Waals surface area contributed by atoms with Crippen molar-refractivity contribution in [2.75, 3.05) is 11.9 Å². The van der Waals surface area contributed by atoms with Gasteiger partial charge in [0.05, 0.1) is 10.5 Å². The molecule has 0 saturated heterocycles. The highest BCUT2D eigenvalue weighted by Gasteiger charge is 2.25. The summed E-state index contributed by atoms with van der Waals surface area (Å²) in [6, 6.07) is 6.75. The van der Waals surface area contributed by atoms with E-state index < -0.39 is 10.8 Å². The van der Waals surface area contributed by atoms with Crippen LogP contribution in [0.1, 0.15) is 34.9 Å². The van der Waals surface area contributed by atoms with E-state index in [1.165, 1.54) is 23.5 Å². The highest BCUT2D eigenvalue weighted by Crippen LogP contribution is 2.39. The molecule has 0 bridgehead atoms. The first-order valence-electron chi connectivity index (χ1n) is 8.61. The lowest BCUT2D eigenvalue weighted by molar-refractivity contribution is -0.385. The highest BCUT2D eigenvalue weighted by molar-refractivity contribution is 7.16. The fourth-order valence-electron chi connectivity index (χ4n) is 3.16. The second-order valence-corrected chi connectivity index (χ2v) is 7.84. The zero-order chi connectivity index (χ0) is 19.6. The van der Waals surface area contributed by atoms with Crippen LogP contribution in [0.25, 0.3) is 0 Å². The van der Waals surface area contributed by atoms with Gasteiger partial charge in [-0.1, -0.05) is 13.0 Å². The van der Waals surface area contributed by atoms with Crippen LogP contribution in [-0.2, 0) is 17.6 Å². The van der Waals surface area contributed by atoms with Gasteiger partial charge in [-0.05, 0) is 49.3 Å². The van der Waals surface area contributed by atoms with Crippen LogP contribution in [0.15, 0.2) is 18.2 Å². The lowest BCUT2D eigenvalue weighted by atomic mass is 9.89. The predicted molar refractivity (Wildman–Crippen MR) is 102 cm³/mol. The standard InChI is InChI=1S/C19H19N3O4S/c1-11-4-6-16(15(7-11)22(24)25)26-10-18(23)21-19-14(9-20)13-5-3-12(2)8-17(13)27-19/h4,6-7,12H,3,5,8,10H2,1-2H3,(H,21,23)/t12-/m0/s1. The molecule has 0 aliphatic heterocycles. The summed E-state index contributed by atoms with van der Waals surface area (Å²) in [7, 11) is 0. The number of nitrogens with one attached hydrogen (secondary N) is 1. The minimum Gasteiger partial charge on any atom is -0.477 e. The van der Waals surface area contributed by atoms with Crippen LogP contribution < -0.4 is 10.1 Å². The molecule has 1 atom stereocenters. The number of carbonyl (C=O) groups is 1. The Kier molecular flexibility index (Phi) is 5.42. The van der Waals surface area contributed by atoms with Crippen molar-refractivity contribution in [2.24, 2.45) is 5.92 Å². The Balaban J connectivity index is 1.71. The SMILES string of the molecule is Cc1ccc(OCC(=O)Nc2sc3c(c2C#N)CC[C@H](C)C3)c([N+](=O)[O-])c1. The fraction of sp³-hybridized carbons (Fsp3) is 0.368. The third kappa shape index (κ3) is 4.09. The first-order chi connectivity index (χ1) is 12.9. The number of carbonyl (C=O) groups excluding carboxylic acids is 1. The molecule has 0 radical (unpaired) electrons. The number of anilines is 1. The first-order valence-corrected chi connectivity index (χ1v) is 9.43. The predicted octanol–water partition coefficient (Wildman–Crippen LogP) is 3.98. The van der Waals surface area contributed by atoms with E-state index in [1.54, 1.807) is 13.0 Å². The molecule has 0 unspecified atom stereocenters. The van der Waals surface area contributed by atoms with Crippen LogP contribution in [0, 0.1) is 34.3 Å². The van der Waals surface area contributed by atoms with Crippen LogP contribution in [0.4, 0.5) is 10.7 Å². The zero-order valence-corrected chi connectivity index (χ0v) is 15.9. The Morgan fingerprint density at radius 1 is 1.52 bits per heavy atom. The molecule has 1 aliphatic rings. The fourth-order valence-corrected chi connectivity index (χ4v) is 4.53. The number of aryl methyl sites for hydroxylation is 1. The zero-order valence-electron chi connectivity index (χ0n) is 15.1. The van der Waals surface area contributed by atoms with Crippen molar-refractivity contribution < 1.29 is 14.5 Å². The number of hydrogen-bond donors (Lipinski definition) is 1. The topological polar surface area (TPSA) is 105 Å². The van der Waals surface area contributed by atoms with Crippen LogP contribution in [0.3, 0.4) is 0 Å². The van der Waals surface area contributed by atoms with Crippen molar-refractivity contribution in [3.63, 3.8) is 0 Å². The van der Waals surface area contributed by atoms with Crippen LogP contribution in [-0.4, -0.2) is 17.4 Å². The molecule has 0 fully saturated rings. The van der Waals surface area contributed by atoms with Crippen LogP contribution >= 0.6 is 11.3 Å². The highest BCUT2D eigenvalue weighted by atomic mass is 32.1. The number of nitriles is 1. The Morgan fingerprint density at radius 3 is 3.00 bits per heavy atom. The summed E-state index contributed by atoms with van der Waals surface area (Å²) in [5.41, 5.74) is 2.11. The van der Waals surface area contributed by atoms with Gasteiger partial charge in [0.1, 0.15) is 11.1 Å². The molecule has 0 spiro atoms. The quantitative estimate of drug-likeness (QED) is 0.619. The molecular formula is C19H19N3O4S. The Labute approximate surface area is 160 Å². The average Bonchev–Trinajstić information content (AvgIpc) is 2.96. The van der Waals surface area contributed by atoms with Crippen molar-refractivity contribution in [3.8, 4) is 11.8 Å². The average molecular weight is 385 g/mol. The summed E-state index contributed by atoms with van der Waals surface area (Å²) < 4.78 is 5.35. The number of fused-ring (bicyclic) bond motifs is 1. The van der Waals surface area contributed by atoms with Crippen molar-refractivity contribution in [3.05, 3.63) is 49.9 Å². The number of thiophene rings is 1. The molecule has 140 valence electrons. The van der Waals surface area contributed by atoms with Gasteiger partial charge >= 0.3 is 5.69 Å². The normalized spacial score (nSPS) is 15.5. The molecule has 1 N–H and O–H groups in total. The van der Waals surface area contributed by atoms with Gasteiger partial charge in [0, 0.05) is 10.9 Å². The minimum absolute atomic E-state index is 0.0422. The number of nitro benzene ring substituents is 1. The van der Waals surface area contributed by atoms with E-state index in [1.807, 2.05) is 0 Å². The van der Waals surface area contributed by atoms with Gasteiger partial charge in [0.25, 0.3) is 5.91 Å². The Hall–Kier alpha value is -2.92. The van der Waals surface area contributed by atoms with Gasteiger partial charge in [-0.2, -0.15) is 5.26 Å². The third-order valence-corrected chi connectivity index (χ3v) is 5.72. The second-order valence-electron chi connectivity index (χ2n) is 6.73. The Morgan fingerprint density at radius 2 is 2.30 bits per heavy atom. The van der Waals surface area contributed by atoms with E-state index in [0.717, 1.165) is 35.3 Å². The number of ether oxygens (including phenoxy) is 1. The van der Waals surface area contributed by atoms with E-state index >= 15 is 0 Å². The van der Waals surface area contributed by atoms with Gasteiger partial charge in [-0.15, -0.1) is 11.3 Å². The lowest BCUT2D eigenvalue weighted by Gasteiger charge is -2.17. The summed E-state index contributed by atoms with van der Waals surface area (Å²) in [5.74, 6) is 0.158. The van der Waals surface area contributed by atoms with Gasteiger partial charge in [-0.3, -0.25) is 14.9 Å². The molecule has 1 aliphatic carbocycles. The number of nitro groups is 1. The number of nitrogens with zero attached hydrogens (tertiary/aromatic N) is 2. The van der Waals surface area contributed by atoms with Gasteiger partial charge in [0.2, 0.25) is 0 Å². The smallest absolute Gasteiger partial charge is 0.311 e. The minimum atomic E-state index is -0.539. The molecule has 7 nitrogen and oxygen atoms in total. The van der Waals surface area contributed by atoms with Gasteiger partial charge in [-0.25, -0.2) is 0 Å². The molecule has 1 heterocycles. The van der Waals surface area contributed by atoms with Gasteiger partial charge < -0.3 is 10.1 Å². The summed E-state index contributed by atoms with van der Waals surface area (Å²) in [5, 5.41) is 23.9. The summed E-state index contributed by atoms with van der Waals surface area (Å²) in [4.78, 5) is 24.0.